The maximum atomic E-state index is 10.7. The number of amides is 1. The Hall–Kier alpha value is -1.18. The van der Waals surface area contributed by atoms with Gasteiger partial charge in [0, 0.05) is 24.2 Å². The van der Waals surface area contributed by atoms with Crippen molar-refractivity contribution in [3.05, 3.63) is 20.7 Å². The van der Waals surface area contributed by atoms with Crippen LogP contribution in [0.2, 0.25) is 0 Å². The quantitative estimate of drug-likeness (QED) is 0.471. The molecule has 0 radical (unpaired) electrons. The van der Waals surface area contributed by atoms with Crippen LogP contribution >= 0.6 is 11.3 Å². The van der Waals surface area contributed by atoms with Crippen LogP contribution in [0.1, 0.15) is 5.69 Å². The van der Waals surface area contributed by atoms with Crippen molar-refractivity contribution < 1.29 is 4.79 Å². The van der Waals surface area contributed by atoms with Crippen LogP contribution in [0.3, 0.4) is 0 Å². The molecule has 0 aliphatic carbocycles. The molecule has 0 saturated heterocycles. The summed E-state index contributed by atoms with van der Waals surface area (Å²) in [6, 6.07) is -0.694. The predicted octanol–water partition coefficient (Wildman–Crippen LogP) is -1.66. The molecule has 0 aromatic carbocycles. The Morgan fingerprint density at radius 1 is 1.71 bits per heavy atom. The average Bonchev–Trinajstić information content (AvgIpc) is 2.51. The fourth-order valence-electron chi connectivity index (χ4n) is 0.863. The molecule has 1 atom stereocenters. The van der Waals surface area contributed by atoms with Gasteiger partial charge in [0.25, 0.3) is 0 Å². The molecule has 0 bridgehead atoms. The van der Waals surface area contributed by atoms with E-state index in [1.807, 2.05) is 0 Å². The van der Waals surface area contributed by atoms with Gasteiger partial charge in [-0.1, -0.05) is 11.3 Å². The number of aromatic nitrogens is 1. The molecule has 0 aliphatic heterocycles. The molecule has 0 saturated carbocycles. The molecule has 6 N–H and O–H groups in total. The highest BCUT2D eigenvalue weighted by atomic mass is 32.1. The molecule has 1 heterocycles. The number of aromatic amines is 1. The largest absolute Gasteiger partial charge is 0.368 e. The summed E-state index contributed by atoms with van der Waals surface area (Å²) in [6.45, 7) is 0.771. The lowest BCUT2D eigenvalue weighted by atomic mass is 10.3. The first-order valence-corrected chi connectivity index (χ1v) is 4.90. The number of hydrogen-bond donors (Lipinski definition) is 4. The highest BCUT2D eigenvalue weighted by Gasteiger charge is 2.07. The number of thiazole rings is 1. The normalized spacial score (nSPS) is 12.6. The third kappa shape index (κ3) is 3.29. The first kappa shape index (κ1) is 10.9. The van der Waals surface area contributed by atoms with E-state index < -0.39 is 11.9 Å². The summed E-state index contributed by atoms with van der Waals surface area (Å²) in [5, 5.41) is 4.62. The zero-order valence-electron chi connectivity index (χ0n) is 7.45. The van der Waals surface area contributed by atoms with E-state index in [1.165, 1.54) is 0 Å². The summed E-state index contributed by atoms with van der Waals surface area (Å²) in [5.41, 5.74) is 11.1. The molecule has 0 spiro atoms. The van der Waals surface area contributed by atoms with Gasteiger partial charge in [-0.2, -0.15) is 0 Å². The average molecular weight is 216 g/mol. The zero-order valence-corrected chi connectivity index (χ0v) is 8.26. The van der Waals surface area contributed by atoms with E-state index in [2.05, 4.69) is 10.3 Å². The minimum atomic E-state index is -0.694. The van der Waals surface area contributed by atoms with Gasteiger partial charge in [0.1, 0.15) is 0 Å². The van der Waals surface area contributed by atoms with Crippen molar-refractivity contribution in [3.63, 3.8) is 0 Å². The van der Waals surface area contributed by atoms with Gasteiger partial charge in [0.2, 0.25) is 5.91 Å². The molecular weight excluding hydrogens is 204 g/mol. The van der Waals surface area contributed by atoms with E-state index in [9.17, 15) is 9.59 Å². The van der Waals surface area contributed by atoms with E-state index in [1.54, 1.807) is 5.38 Å². The summed E-state index contributed by atoms with van der Waals surface area (Å²) in [7, 11) is 0. The number of rotatable bonds is 5. The van der Waals surface area contributed by atoms with Crippen molar-refractivity contribution in [2.75, 3.05) is 6.54 Å². The van der Waals surface area contributed by atoms with E-state index in [0.717, 1.165) is 17.0 Å². The van der Waals surface area contributed by atoms with Crippen LogP contribution in [-0.4, -0.2) is 23.5 Å². The Bertz CT molecular complexity index is 359. The van der Waals surface area contributed by atoms with Crippen molar-refractivity contribution in [3.8, 4) is 0 Å². The van der Waals surface area contributed by atoms with Crippen molar-refractivity contribution in [2.45, 2.75) is 12.6 Å². The summed E-state index contributed by atoms with van der Waals surface area (Å²) in [6.07, 6.45) is 0. The Kier molecular flexibility index (Phi) is 3.81. The van der Waals surface area contributed by atoms with Crippen LogP contribution in [0.5, 0.6) is 0 Å². The number of carbonyl (C=O) groups excluding carboxylic acids is 1. The van der Waals surface area contributed by atoms with Crippen LogP contribution in [0.25, 0.3) is 0 Å². The topological polar surface area (TPSA) is 114 Å². The molecule has 0 fully saturated rings. The van der Waals surface area contributed by atoms with Crippen LogP contribution in [0.15, 0.2) is 10.2 Å². The molecule has 78 valence electrons. The standard InChI is InChI=1S/C7H12N4O2S/c8-5(6(9)12)2-10-1-4-3-14-7(13)11-4/h3,5,10H,1-2,8H2,(H2,9,12)(H,11,13). The monoisotopic (exact) mass is 216 g/mol. The third-order valence-corrected chi connectivity index (χ3v) is 2.33. The molecule has 1 rings (SSSR count). The highest BCUT2D eigenvalue weighted by molar-refractivity contribution is 7.07. The highest BCUT2D eigenvalue weighted by Crippen LogP contribution is 1.93. The van der Waals surface area contributed by atoms with Gasteiger partial charge in [-0.15, -0.1) is 0 Å². The maximum Gasteiger partial charge on any atom is 0.304 e. The SMILES string of the molecule is NC(=O)C(N)CNCc1csc(=O)[nH]1. The Balaban J connectivity index is 2.28. The first-order valence-electron chi connectivity index (χ1n) is 4.02. The van der Waals surface area contributed by atoms with Gasteiger partial charge in [0.15, 0.2) is 0 Å². The fraction of sp³-hybridized carbons (Fsp3) is 0.429. The smallest absolute Gasteiger partial charge is 0.304 e. The minimum Gasteiger partial charge on any atom is -0.368 e. The van der Waals surface area contributed by atoms with Crippen LogP contribution in [0.4, 0.5) is 0 Å². The van der Waals surface area contributed by atoms with Gasteiger partial charge in [-0.25, -0.2) is 0 Å². The second kappa shape index (κ2) is 4.89. The summed E-state index contributed by atoms with van der Waals surface area (Å²) in [4.78, 5) is 23.8. The van der Waals surface area contributed by atoms with Crippen molar-refractivity contribution in [1.29, 1.82) is 0 Å². The Labute approximate surface area is 84.3 Å². The van der Waals surface area contributed by atoms with Crippen molar-refractivity contribution in [1.82, 2.24) is 10.3 Å². The number of nitrogens with one attached hydrogen (secondary N) is 2. The van der Waals surface area contributed by atoms with E-state index in [0.29, 0.717) is 13.1 Å². The maximum absolute atomic E-state index is 10.7. The van der Waals surface area contributed by atoms with E-state index >= 15 is 0 Å². The number of nitrogens with two attached hydrogens (primary N) is 2. The lowest BCUT2D eigenvalue weighted by Gasteiger charge is -2.07. The molecule has 0 aliphatic rings. The molecule has 1 aromatic rings. The summed E-state index contributed by atoms with van der Waals surface area (Å²) in [5.74, 6) is -0.545. The van der Waals surface area contributed by atoms with Crippen LogP contribution in [-0.2, 0) is 11.3 Å². The minimum absolute atomic E-state index is 0.0963. The molecule has 1 aromatic heterocycles. The summed E-state index contributed by atoms with van der Waals surface area (Å²) < 4.78 is 0. The lowest BCUT2D eigenvalue weighted by Crippen LogP contribution is -2.44. The fourth-order valence-corrected chi connectivity index (χ4v) is 1.45. The van der Waals surface area contributed by atoms with Crippen LogP contribution < -0.4 is 21.7 Å². The molecule has 6 nitrogen and oxygen atoms in total. The van der Waals surface area contributed by atoms with Gasteiger partial charge < -0.3 is 21.8 Å². The Morgan fingerprint density at radius 3 is 2.93 bits per heavy atom. The van der Waals surface area contributed by atoms with Gasteiger partial charge in [-0.3, -0.25) is 9.59 Å². The van der Waals surface area contributed by atoms with E-state index in [-0.39, 0.29) is 4.87 Å². The van der Waals surface area contributed by atoms with Gasteiger partial charge >= 0.3 is 4.87 Å². The molecule has 1 amide bonds. The first-order chi connectivity index (χ1) is 6.59. The number of carbonyl (C=O) groups is 1. The third-order valence-electron chi connectivity index (χ3n) is 1.62. The molecular formula is C7H12N4O2S. The number of primary amides is 1. The molecule has 1 unspecified atom stereocenters. The predicted molar refractivity (Wildman–Crippen MR) is 53.8 cm³/mol. The summed E-state index contributed by atoms with van der Waals surface area (Å²) >= 11 is 1.10. The van der Waals surface area contributed by atoms with Crippen LogP contribution in [0, 0.1) is 0 Å². The molecule has 14 heavy (non-hydrogen) atoms. The number of hydrogen-bond acceptors (Lipinski definition) is 5. The molecule has 7 heteroatoms. The lowest BCUT2D eigenvalue weighted by molar-refractivity contribution is -0.119. The van der Waals surface area contributed by atoms with Gasteiger partial charge in [0.05, 0.1) is 6.04 Å². The van der Waals surface area contributed by atoms with Gasteiger partial charge in [-0.05, 0) is 0 Å². The Morgan fingerprint density at radius 2 is 2.43 bits per heavy atom. The zero-order chi connectivity index (χ0) is 10.6. The van der Waals surface area contributed by atoms with Crippen molar-refractivity contribution in [2.24, 2.45) is 11.5 Å². The second-order valence-corrected chi connectivity index (χ2v) is 3.66. The second-order valence-electron chi connectivity index (χ2n) is 2.81. The number of H-pyrrole nitrogens is 1. The van der Waals surface area contributed by atoms with E-state index in [4.69, 9.17) is 11.5 Å². The van der Waals surface area contributed by atoms with Crippen molar-refractivity contribution >= 4 is 17.2 Å².